The maximum atomic E-state index is 11.9. The van der Waals surface area contributed by atoms with Crippen molar-refractivity contribution >= 4 is 5.97 Å². The molecule has 4 heteroatoms. The van der Waals surface area contributed by atoms with Crippen LogP contribution in [0, 0.1) is 11.8 Å². The first kappa shape index (κ1) is 12.4. The Hall–Kier alpha value is -0.610. The Bertz CT molecular complexity index is 329. The molecule has 4 nitrogen and oxygen atoms in total. The Morgan fingerprint density at radius 1 is 1.28 bits per heavy atom. The number of methoxy groups -OCH3 is 1. The van der Waals surface area contributed by atoms with Crippen LogP contribution in [0.25, 0.3) is 0 Å². The van der Waals surface area contributed by atoms with Crippen LogP contribution in [0.1, 0.15) is 38.5 Å². The van der Waals surface area contributed by atoms with Gasteiger partial charge in [-0.1, -0.05) is 0 Å². The van der Waals surface area contributed by atoms with Gasteiger partial charge in [0.05, 0.1) is 13.2 Å². The maximum absolute atomic E-state index is 11.9. The summed E-state index contributed by atoms with van der Waals surface area (Å²) < 4.78 is 4.96. The molecule has 18 heavy (non-hydrogen) atoms. The smallest absolute Gasteiger partial charge is 0.323 e. The monoisotopic (exact) mass is 253 g/mol. The number of likely N-dealkylation sites (tertiary alicyclic amines) is 1. The Morgan fingerprint density at radius 2 is 2.06 bits per heavy atom. The molecular formula is C14H23NO3. The number of rotatable bonds is 3. The van der Waals surface area contributed by atoms with Crippen molar-refractivity contribution in [1.82, 2.24) is 4.90 Å². The first-order valence-electron chi connectivity index (χ1n) is 7.20. The minimum Gasteiger partial charge on any atom is -0.468 e. The van der Waals surface area contributed by atoms with Gasteiger partial charge in [0.15, 0.2) is 0 Å². The molecule has 1 saturated heterocycles. The lowest BCUT2D eigenvalue weighted by Crippen LogP contribution is -2.45. The fourth-order valence-corrected chi connectivity index (χ4v) is 3.75. The number of ether oxygens (including phenoxy) is 1. The van der Waals surface area contributed by atoms with Gasteiger partial charge in [-0.15, -0.1) is 0 Å². The predicted molar refractivity (Wildman–Crippen MR) is 67.0 cm³/mol. The first-order valence-corrected chi connectivity index (χ1v) is 7.20. The molecule has 102 valence electrons. The van der Waals surface area contributed by atoms with E-state index in [-0.39, 0.29) is 18.1 Å². The molecule has 4 atom stereocenters. The summed E-state index contributed by atoms with van der Waals surface area (Å²) in [7, 11) is 1.48. The maximum Gasteiger partial charge on any atom is 0.323 e. The second-order valence-electron chi connectivity index (χ2n) is 6.21. The van der Waals surface area contributed by atoms with Crippen molar-refractivity contribution in [2.24, 2.45) is 11.8 Å². The fourth-order valence-electron chi connectivity index (χ4n) is 3.75. The Kier molecular flexibility index (Phi) is 3.32. The minimum atomic E-state index is -0.177. The summed E-state index contributed by atoms with van der Waals surface area (Å²) in [4.78, 5) is 14.3. The van der Waals surface area contributed by atoms with E-state index in [0.717, 1.165) is 38.1 Å². The molecule has 0 spiro atoms. The molecule has 0 aromatic heterocycles. The van der Waals surface area contributed by atoms with E-state index in [1.165, 1.54) is 20.0 Å². The number of hydrogen-bond acceptors (Lipinski definition) is 4. The van der Waals surface area contributed by atoms with E-state index in [4.69, 9.17) is 4.74 Å². The zero-order chi connectivity index (χ0) is 12.7. The minimum absolute atomic E-state index is 0.0594. The lowest BCUT2D eigenvalue weighted by Gasteiger charge is -2.35. The first-order chi connectivity index (χ1) is 8.69. The van der Waals surface area contributed by atoms with Crippen molar-refractivity contribution in [2.45, 2.75) is 56.7 Å². The number of nitrogens with zero attached hydrogens (tertiary/aromatic N) is 1. The van der Waals surface area contributed by atoms with Crippen LogP contribution in [0.5, 0.6) is 0 Å². The largest absolute Gasteiger partial charge is 0.468 e. The van der Waals surface area contributed by atoms with Crippen LogP contribution in [-0.2, 0) is 9.53 Å². The van der Waals surface area contributed by atoms with Crippen molar-refractivity contribution in [1.29, 1.82) is 0 Å². The van der Waals surface area contributed by atoms with E-state index < -0.39 is 0 Å². The van der Waals surface area contributed by atoms with Crippen LogP contribution in [0.4, 0.5) is 0 Å². The molecule has 0 aromatic rings. The van der Waals surface area contributed by atoms with Gasteiger partial charge in [0.1, 0.15) is 6.04 Å². The van der Waals surface area contributed by atoms with E-state index in [2.05, 4.69) is 4.90 Å². The standard InChI is InChI=1S/C14H23NO3/c1-18-14(17)13-6-10-4-5-11(16)7-12(10)15(13)8-9-2-3-9/h9-13,16H,2-8H2,1H3/t10-,11+,12-,13+/m1/s1. The number of carbonyl (C=O) groups excluding carboxylic acids is 1. The van der Waals surface area contributed by atoms with Crippen LogP contribution < -0.4 is 0 Å². The normalized spacial score (nSPS) is 40.6. The van der Waals surface area contributed by atoms with E-state index in [1.54, 1.807) is 0 Å². The van der Waals surface area contributed by atoms with E-state index in [9.17, 15) is 9.90 Å². The van der Waals surface area contributed by atoms with Gasteiger partial charge in [0, 0.05) is 12.6 Å². The Labute approximate surface area is 108 Å². The zero-order valence-corrected chi connectivity index (χ0v) is 11.0. The molecule has 2 saturated carbocycles. The third-order valence-corrected chi connectivity index (χ3v) is 4.92. The molecule has 1 N–H and O–H groups in total. The van der Waals surface area contributed by atoms with Crippen molar-refractivity contribution in [3.63, 3.8) is 0 Å². The number of hydrogen-bond donors (Lipinski definition) is 1. The van der Waals surface area contributed by atoms with Crippen molar-refractivity contribution in [3.05, 3.63) is 0 Å². The van der Waals surface area contributed by atoms with E-state index >= 15 is 0 Å². The van der Waals surface area contributed by atoms with Gasteiger partial charge in [-0.3, -0.25) is 9.69 Å². The lowest BCUT2D eigenvalue weighted by molar-refractivity contribution is -0.146. The second kappa shape index (κ2) is 4.82. The molecule has 1 heterocycles. The highest BCUT2D eigenvalue weighted by Gasteiger charge is 2.48. The summed E-state index contributed by atoms with van der Waals surface area (Å²) in [6, 6.07) is 0.342. The second-order valence-corrected chi connectivity index (χ2v) is 6.21. The molecule has 3 fully saturated rings. The van der Waals surface area contributed by atoms with Crippen LogP contribution in [0.2, 0.25) is 0 Å². The molecule has 0 aromatic carbocycles. The van der Waals surface area contributed by atoms with Crippen LogP contribution in [0.3, 0.4) is 0 Å². The van der Waals surface area contributed by atoms with Gasteiger partial charge in [0.2, 0.25) is 0 Å². The van der Waals surface area contributed by atoms with Gasteiger partial charge in [-0.2, -0.15) is 0 Å². The Morgan fingerprint density at radius 3 is 2.72 bits per heavy atom. The van der Waals surface area contributed by atoms with Crippen molar-refractivity contribution < 1.29 is 14.6 Å². The highest BCUT2D eigenvalue weighted by Crippen LogP contribution is 2.42. The predicted octanol–water partition coefficient (Wildman–Crippen LogP) is 1.17. The topological polar surface area (TPSA) is 49.8 Å². The number of fused-ring (bicyclic) bond motifs is 1. The van der Waals surface area contributed by atoms with Crippen LogP contribution in [-0.4, -0.2) is 47.8 Å². The van der Waals surface area contributed by atoms with Crippen LogP contribution in [0.15, 0.2) is 0 Å². The summed E-state index contributed by atoms with van der Waals surface area (Å²) in [5, 5.41) is 9.86. The molecule has 2 aliphatic carbocycles. The molecule has 0 radical (unpaired) electrons. The summed E-state index contributed by atoms with van der Waals surface area (Å²) in [5.41, 5.74) is 0. The van der Waals surface area contributed by atoms with Crippen molar-refractivity contribution in [2.75, 3.05) is 13.7 Å². The highest BCUT2D eigenvalue weighted by atomic mass is 16.5. The van der Waals surface area contributed by atoms with E-state index in [1.807, 2.05) is 0 Å². The number of aliphatic hydroxyl groups excluding tert-OH is 1. The van der Waals surface area contributed by atoms with E-state index in [0.29, 0.717) is 12.0 Å². The van der Waals surface area contributed by atoms with Crippen molar-refractivity contribution in [3.8, 4) is 0 Å². The van der Waals surface area contributed by atoms with Gasteiger partial charge >= 0.3 is 5.97 Å². The molecule has 0 amide bonds. The zero-order valence-electron chi connectivity index (χ0n) is 11.0. The summed E-state index contributed by atoms with van der Waals surface area (Å²) >= 11 is 0. The van der Waals surface area contributed by atoms with Crippen LogP contribution >= 0.6 is 0 Å². The summed E-state index contributed by atoms with van der Waals surface area (Å²) in [6.07, 6.45) is 6.13. The summed E-state index contributed by atoms with van der Waals surface area (Å²) in [6.45, 7) is 1.02. The molecule has 3 aliphatic rings. The molecule has 0 unspecified atom stereocenters. The van der Waals surface area contributed by atoms with Gasteiger partial charge in [0.25, 0.3) is 0 Å². The SMILES string of the molecule is COC(=O)[C@@H]1C[C@H]2CC[C@H](O)C[C@H]2N1CC1CC1. The molecule has 0 bridgehead atoms. The fraction of sp³-hybridized carbons (Fsp3) is 0.929. The highest BCUT2D eigenvalue weighted by molar-refractivity contribution is 5.76. The number of esters is 1. The molecule has 1 aliphatic heterocycles. The molecular weight excluding hydrogens is 230 g/mol. The summed E-state index contributed by atoms with van der Waals surface area (Å²) in [5.74, 6) is 1.27. The lowest BCUT2D eigenvalue weighted by atomic mass is 9.83. The average molecular weight is 253 g/mol. The number of carbonyl (C=O) groups is 1. The third kappa shape index (κ3) is 2.28. The average Bonchev–Trinajstić information content (AvgIpc) is 3.11. The van der Waals surface area contributed by atoms with Gasteiger partial charge in [-0.25, -0.2) is 0 Å². The third-order valence-electron chi connectivity index (χ3n) is 4.92. The van der Waals surface area contributed by atoms with Gasteiger partial charge in [-0.05, 0) is 50.4 Å². The molecule has 3 rings (SSSR count). The quantitative estimate of drug-likeness (QED) is 0.767. The Balaban J connectivity index is 1.75. The van der Waals surface area contributed by atoms with Gasteiger partial charge < -0.3 is 9.84 Å². The number of aliphatic hydroxyl groups is 1.